The Balaban J connectivity index is 1.55. The van der Waals surface area contributed by atoms with Crippen molar-refractivity contribution < 1.29 is 17.9 Å². The molecular formula is C19H25F3N2O. The van der Waals surface area contributed by atoms with Crippen LogP contribution in [0.25, 0.3) is 0 Å². The van der Waals surface area contributed by atoms with Gasteiger partial charge in [0.25, 0.3) is 0 Å². The lowest BCUT2D eigenvalue weighted by Crippen LogP contribution is -2.72. The van der Waals surface area contributed by atoms with Crippen molar-refractivity contribution in [2.45, 2.75) is 56.5 Å². The summed E-state index contributed by atoms with van der Waals surface area (Å²) in [6.45, 7) is -0.146. The number of nitrogens with one attached hydrogen (secondary N) is 1. The molecule has 1 N–H and O–H groups in total. The van der Waals surface area contributed by atoms with Gasteiger partial charge in [-0.15, -0.1) is 0 Å². The van der Waals surface area contributed by atoms with Crippen LogP contribution in [-0.4, -0.2) is 42.0 Å². The number of ether oxygens (including phenoxy) is 1. The van der Waals surface area contributed by atoms with Crippen molar-refractivity contribution in [3.8, 4) is 0 Å². The Labute approximate surface area is 146 Å². The molecule has 1 aliphatic heterocycles. The zero-order valence-corrected chi connectivity index (χ0v) is 14.3. The minimum Gasteiger partial charge on any atom is -0.358 e. The highest BCUT2D eigenvalue weighted by molar-refractivity contribution is 5.53. The molecule has 25 heavy (non-hydrogen) atoms. The smallest absolute Gasteiger partial charge is 0.358 e. The van der Waals surface area contributed by atoms with Crippen molar-refractivity contribution >= 4 is 6.21 Å². The molecule has 1 aromatic carbocycles. The van der Waals surface area contributed by atoms with Crippen LogP contribution < -0.4 is 0 Å². The monoisotopic (exact) mass is 354 g/mol. The van der Waals surface area contributed by atoms with Gasteiger partial charge in [-0.3, -0.25) is 4.90 Å². The third-order valence-electron chi connectivity index (χ3n) is 5.58. The van der Waals surface area contributed by atoms with Crippen molar-refractivity contribution in [3.05, 3.63) is 35.9 Å². The maximum atomic E-state index is 13.6. The second-order valence-corrected chi connectivity index (χ2v) is 7.29. The highest BCUT2D eigenvalue weighted by Crippen LogP contribution is 2.44. The van der Waals surface area contributed by atoms with Gasteiger partial charge in [0.05, 0.1) is 6.61 Å². The Bertz CT molecular complexity index is 562. The molecular weight excluding hydrogens is 329 g/mol. The minimum absolute atomic E-state index is 0.0136. The van der Waals surface area contributed by atoms with Gasteiger partial charge < -0.3 is 10.1 Å². The number of benzene rings is 1. The van der Waals surface area contributed by atoms with E-state index in [1.165, 1.54) is 6.21 Å². The Morgan fingerprint density at radius 1 is 1.12 bits per heavy atom. The third kappa shape index (κ3) is 4.06. The Kier molecular flexibility index (Phi) is 5.49. The summed E-state index contributed by atoms with van der Waals surface area (Å²) in [7, 11) is 0. The molecule has 0 aromatic heterocycles. The number of halogens is 3. The predicted octanol–water partition coefficient (Wildman–Crippen LogP) is 4.42. The summed E-state index contributed by atoms with van der Waals surface area (Å²) < 4.78 is 46.2. The topological polar surface area (TPSA) is 36.3 Å². The molecule has 0 unspecified atom stereocenters. The summed E-state index contributed by atoms with van der Waals surface area (Å²) in [5.41, 5.74) is -1.27. The van der Waals surface area contributed by atoms with E-state index in [1.54, 1.807) is 24.3 Å². The first-order chi connectivity index (χ1) is 11.9. The van der Waals surface area contributed by atoms with E-state index in [0.717, 1.165) is 37.7 Å². The van der Waals surface area contributed by atoms with Crippen LogP contribution in [0.3, 0.4) is 0 Å². The maximum Gasteiger partial charge on any atom is 0.419 e. The summed E-state index contributed by atoms with van der Waals surface area (Å²) in [5, 5.41) is 7.18. The van der Waals surface area contributed by atoms with Gasteiger partial charge in [0.2, 0.25) is 0 Å². The number of hydrogen-bond donors (Lipinski definition) is 1. The molecule has 0 bridgehead atoms. The van der Waals surface area contributed by atoms with Crippen LogP contribution in [0.4, 0.5) is 13.2 Å². The van der Waals surface area contributed by atoms with Crippen LogP contribution in [0.5, 0.6) is 0 Å². The molecule has 138 valence electrons. The van der Waals surface area contributed by atoms with Crippen LogP contribution in [0.1, 0.15) is 37.7 Å². The third-order valence-corrected chi connectivity index (χ3v) is 5.58. The van der Waals surface area contributed by atoms with E-state index in [-0.39, 0.29) is 25.7 Å². The highest BCUT2D eigenvalue weighted by atomic mass is 19.4. The quantitative estimate of drug-likeness (QED) is 0.768. The van der Waals surface area contributed by atoms with E-state index >= 15 is 0 Å². The number of hydrogen-bond acceptors (Lipinski definition) is 3. The Morgan fingerprint density at radius 2 is 1.76 bits per heavy atom. The molecule has 3 rings (SSSR count). The van der Waals surface area contributed by atoms with Crippen LogP contribution in [0.15, 0.2) is 30.3 Å². The lowest BCUT2D eigenvalue weighted by molar-refractivity contribution is -0.327. The van der Waals surface area contributed by atoms with E-state index in [2.05, 4.69) is 0 Å². The molecule has 0 radical (unpaired) electrons. The zero-order valence-electron chi connectivity index (χ0n) is 14.3. The molecule has 1 aliphatic carbocycles. The van der Waals surface area contributed by atoms with Gasteiger partial charge in [-0.1, -0.05) is 30.3 Å². The van der Waals surface area contributed by atoms with E-state index in [9.17, 15) is 13.2 Å². The summed E-state index contributed by atoms with van der Waals surface area (Å²) >= 11 is 0. The second-order valence-electron chi connectivity index (χ2n) is 7.29. The fourth-order valence-electron chi connectivity index (χ4n) is 3.93. The van der Waals surface area contributed by atoms with Gasteiger partial charge in [-0.05, 0) is 49.8 Å². The molecule has 1 saturated carbocycles. The van der Waals surface area contributed by atoms with E-state index < -0.39 is 11.8 Å². The van der Waals surface area contributed by atoms with Crippen molar-refractivity contribution in [2.24, 2.45) is 5.92 Å². The first kappa shape index (κ1) is 18.4. The molecule has 2 fully saturated rings. The normalized spacial score (nSPS) is 26.8. The van der Waals surface area contributed by atoms with Crippen molar-refractivity contribution in [1.29, 1.82) is 5.41 Å². The first-order valence-electron chi connectivity index (χ1n) is 8.91. The van der Waals surface area contributed by atoms with E-state index in [4.69, 9.17) is 10.1 Å². The highest BCUT2D eigenvalue weighted by Gasteiger charge is 2.64. The second kappa shape index (κ2) is 7.46. The number of rotatable bonds is 6. The Hall–Kier alpha value is -1.40. The van der Waals surface area contributed by atoms with Gasteiger partial charge in [0, 0.05) is 19.1 Å². The molecule has 1 saturated heterocycles. The SMILES string of the molecule is N=CCC1CCC(N2CC(OCc3ccccc3)(C(F)(F)F)C2)CC1. The van der Waals surface area contributed by atoms with Crippen LogP contribution in [0, 0.1) is 11.3 Å². The van der Waals surface area contributed by atoms with Gasteiger partial charge in [0.15, 0.2) is 5.60 Å². The molecule has 0 amide bonds. The molecule has 3 nitrogen and oxygen atoms in total. The molecule has 0 atom stereocenters. The summed E-state index contributed by atoms with van der Waals surface area (Å²) in [4.78, 5) is 1.93. The molecule has 0 spiro atoms. The summed E-state index contributed by atoms with van der Waals surface area (Å²) in [5.74, 6) is 0.525. The van der Waals surface area contributed by atoms with Crippen molar-refractivity contribution in [3.63, 3.8) is 0 Å². The number of likely N-dealkylation sites (tertiary alicyclic amines) is 1. The van der Waals surface area contributed by atoms with Crippen LogP contribution in [0.2, 0.25) is 0 Å². The zero-order chi connectivity index (χ0) is 17.9. The minimum atomic E-state index is -4.35. The van der Waals surface area contributed by atoms with Crippen LogP contribution in [-0.2, 0) is 11.3 Å². The predicted molar refractivity (Wildman–Crippen MR) is 90.7 cm³/mol. The average Bonchev–Trinajstić information content (AvgIpc) is 2.55. The van der Waals surface area contributed by atoms with Gasteiger partial charge >= 0.3 is 6.18 Å². The number of alkyl halides is 3. The van der Waals surface area contributed by atoms with Crippen LogP contribution >= 0.6 is 0 Å². The lowest BCUT2D eigenvalue weighted by atomic mass is 9.80. The average molecular weight is 354 g/mol. The summed E-state index contributed by atoms with van der Waals surface area (Å²) in [6, 6.07) is 9.23. The van der Waals surface area contributed by atoms with Crippen molar-refractivity contribution in [2.75, 3.05) is 13.1 Å². The van der Waals surface area contributed by atoms with Crippen molar-refractivity contribution in [1.82, 2.24) is 4.90 Å². The fourth-order valence-corrected chi connectivity index (χ4v) is 3.93. The molecule has 2 aliphatic rings. The van der Waals surface area contributed by atoms with Gasteiger partial charge in [-0.2, -0.15) is 13.2 Å². The largest absolute Gasteiger partial charge is 0.419 e. The van der Waals surface area contributed by atoms with E-state index in [1.807, 2.05) is 11.0 Å². The van der Waals surface area contributed by atoms with E-state index in [0.29, 0.717) is 5.92 Å². The fraction of sp³-hybridized carbons (Fsp3) is 0.632. The lowest BCUT2D eigenvalue weighted by Gasteiger charge is -2.54. The summed E-state index contributed by atoms with van der Waals surface area (Å²) in [6.07, 6.45) is 1.73. The number of nitrogens with zero attached hydrogens (tertiary/aromatic N) is 1. The standard InChI is InChI=1S/C19H25F3N2O/c20-19(21,22)18(25-12-16-4-2-1-3-5-16)13-24(14-18)17-8-6-15(7-9-17)10-11-23/h1-5,11,15,17,23H,6-10,12-14H2. The Morgan fingerprint density at radius 3 is 2.32 bits per heavy atom. The molecule has 1 aromatic rings. The molecule has 6 heteroatoms. The molecule has 1 heterocycles. The maximum absolute atomic E-state index is 13.6. The van der Waals surface area contributed by atoms with Gasteiger partial charge in [0.1, 0.15) is 0 Å². The first-order valence-corrected chi connectivity index (χ1v) is 8.91. The van der Waals surface area contributed by atoms with Gasteiger partial charge in [-0.25, -0.2) is 0 Å².